The average Bonchev–Trinajstić information content (AvgIpc) is 2.17. The van der Waals surface area contributed by atoms with E-state index in [0.29, 0.717) is 11.3 Å². The van der Waals surface area contributed by atoms with Crippen molar-refractivity contribution in [3.63, 3.8) is 0 Å². The summed E-state index contributed by atoms with van der Waals surface area (Å²) < 4.78 is 0. The first-order valence-corrected chi connectivity index (χ1v) is 3.96. The van der Waals surface area contributed by atoms with Crippen molar-refractivity contribution >= 4 is 11.4 Å². The Morgan fingerprint density at radius 2 is 2.21 bits per heavy atom. The van der Waals surface area contributed by atoms with E-state index in [0.717, 1.165) is 0 Å². The summed E-state index contributed by atoms with van der Waals surface area (Å²) in [6.07, 6.45) is 0. The molecule has 1 aromatic rings. The molecule has 5 N–H and O–H groups in total. The van der Waals surface area contributed by atoms with Gasteiger partial charge in [-0.3, -0.25) is 10.1 Å². The van der Waals surface area contributed by atoms with Crippen LogP contribution in [-0.4, -0.2) is 16.6 Å². The summed E-state index contributed by atoms with van der Waals surface area (Å²) in [5.41, 5.74) is 11.7. The molecule has 0 heterocycles. The quantitative estimate of drug-likeness (QED) is 0.363. The highest BCUT2D eigenvalue weighted by atomic mass is 16.6. The lowest BCUT2D eigenvalue weighted by molar-refractivity contribution is -0.384. The van der Waals surface area contributed by atoms with E-state index in [9.17, 15) is 10.1 Å². The molecule has 1 atom stereocenters. The maximum absolute atomic E-state index is 10.4. The molecule has 0 aliphatic heterocycles. The Morgan fingerprint density at radius 3 is 2.71 bits per heavy atom. The normalized spacial score (nSPS) is 12.4. The van der Waals surface area contributed by atoms with E-state index in [1.165, 1.54) is 18.2 Å². The van der Waals surface area contributed by atoms with Crippen LogP contribution < -0.4 is 11.5 Å². The second kappa shape index (κ2) is 4.03. The molecule has 1 aromatic carbocycles. The highest BCUT2D eigenvalue weighted by Crippen LogP contribution is 2.23. The molecule has 0 aromatic heterocycles. The molecule has 0 amide bonds. The van der Waals surface area contributed by atoms with Crippen molar-refractivity contribution in [2.75, 3.05) is 12.3 Å². The Hall–Kier alpha value is -1.66. The van der Waals surface area contributed by atoms with Gasteiger partial charge in [0.2, 0.25) is 0 Å². The predicted molar refractivity (Wildman–Crippen MR) is 51.5 cm³/mol. The van der Waals surface area contributed by atoms with Crippen molar-refractivity contribution in [2.24, 2.45) is 5.73 Å². The summed E-state index contributed by atoms with van der Waals surface area (Å²) in [5, 5.41) is 19.2. The Labute approximate surface area is 80.3 Å². The van der Waals surface area contributed by atoms with Crippen molar-refractivity contribution in [1.82, 2.24) is 0 Å². The minimum atomic E-state index is -0.685. The summed E-state index contributed by atoms with van der Waals surface area (Å²) >= 11 is 0. The van der Waals surface area contributed by atoms with Crippen LogP contribution in [0.3, 0.4) is 0 Å². The second-order valence-corrected chi connectivity index (χ2v) is 2.86. The van der Waals surface area contributed by atoms with Gasteiger partial charge in [0.25, 0.3) is 5.69 Å². The van der Waals surface area contributed by atoms with Crippen molar-refractivity contribution in [1.29, 1.82) is 0 Å². The molecule has 0 bridgehead atoms. The molecule has 6 heteroatoms. The van der Waals surface area contributed by atoms with Gasteiger partial charge >= 0.3 is 0 Å². The molecule has 0 spiro atoms. The molecule has 1 unspecified atom stereocenters. The van der Waals surface area contributed by atoms with Gasteiger partial charge in [-0.2, -0.15) is 0 Å². The van der Waals surface area contributed by atoms with E-state index in [1.807, 2.05) is 0 Å². The summed E-state index contributed by atoms with van der Waals surface area (Å²) in [5.74, 6) is 0. The van der Waals surface area contributed by atoms with Crippen LogP contribution >= 0.6 is 0 Å². The number of aliphatic hydroxyl groups is 1. The molecule has 14 heavy (non-hydrogen) atoms. The maximum Gasteiger partial charge on any atom is 0.269 e. The van der Waals surface area contributed by atoms with Crippen LogP contribution in [0.1, 0.15) is 11.6 Å². The molecule has 0 aliphatic carbocycles. The van der Waals surface area contributed by atoms with Crippen LogP contribution in [0.5, 0.6) is 0 Å². The molecule has 0 fully saturated rings. The number of hydrogen-bond acceptors (Lipinski definition) is 5. The third-order valence-corrected chi connectivity index (χ3v) is 1.88. The third kappa shape index (κ3) is 1.98. The zero-order chi connectivity index (χ0) is 10.7. The van der Waals surface area contributed by atoms with E-state index in [2.05, 4.69) is 0 Å². The first-order chi connectivity index (χ1) is 6.56. The number of nitro benzene ring substituents is 1. The number of non-ortho nitro benzene ring substituents is 1. The number of aliphatic hydroxyl groups excluding tert-OH is 1. The summed E-state index contributed by atoms with van der Waals surface area (Å²) in [6, 6.07) is 3.29. The number of benzene rings is 1. The highest BCUT2D eigenvalue weighted by Gasteiger charge is 2.13. The topological polar surface area (TPSA) is 115 Å². The number of rotatable bonds is 3. The van der Waals surface area contributed by atoms with E-state index in [-0.39, 0.29) is 12.3 Å². The van der Waals surface area contributed by atoms with Crippen molar-refractivity contribution in [2.45, 2.75) is 6.04 Å². The van der Waals surface area contributed by atoms with Crippen LogP contribution in [0.2, 0.25) is 0 Å². The van der Waals surface area contributed by atoms with Gasteiger partial charge in [-0.05, 0) is 6.07 Å². The lowest BCUT2D eigenvalue weighted by atomic mass is 10.1. The van der Waals surface area contributed by atoms with Crippen LogP contribution in [0.15, 0.2) is 18.2 Å². The summed E-state index contributed by atoms with van der Waals surface area (Å²) in [7, 11) is 0. The standard InChI is InChI=1S/C8H11N3O3/c9-7-2-1-5(11(13)14)3-6(7)8(10)4-12/h1-3,8,12H,4,9-10H2. The number of nitrogens with zero attached hydrogens (tertiary/aromatic N) is 1. The monoisotopic (exact) mass is 197 g/mol. The van der Waals surface area contributed by atoms with E-state index in [1.54, 1.807) is 0 Å². The van der Waals surface area contributed by atoms with Gasteiger partial charge < -0.3 is 16.6 Å². The lowest BCUT2D eigenvalue weighted by Gasteiger charge is -2.10. The van der Waals surface area contributed by atoms with Gasteiger partial charge in [0.15, 0.2) is 0 Å². The molecule has 76 valence electrons. The Kier molecular flexibility index (Phi) is 3.00. The predicted octanol–water partition coefficient (Wildman–Crippen LogP) is 0.169. The zero-order valence-corrected chi connectivity index (χ0v) is 7.38. The Morgan fingerprint density at radius 1 is 1.57 bits per heavy atom. The zero-order valence-electron chi connectivity index (χ0n) is 7.38. The van der Waals surface area contributed by atoms with Crippen molar-refractivity contribution < 1.29 is 10.0 Å². The third-order valence-electron chi connectivity index (χ3n) is 1.88. The van der Waals surface area contributed by atoms with Gasteiger partial charge in [0, 0.05) is 23.4 Å². The van der Waals surface area contributed by atoms with Gasteiger partial charge in [0.05, 0.1) is 17.6 Å². The molecule has 0 saturated carbocycles. The fraction of sp³-hybridized carbons (Fsp3) is 0.250. The first kappa shape index (κ1) is 10.4. The number of anilines is 1. The first-order valence-electron chi connectivity index (χ1n) is 3.96. The minimum absolute atomic E-state index is 0.0851. The highest BCUT2D eigenvalue weighted by molar-refractivity contribution is 5.54. The molecule has 6 nitrogen and oxygen atoms in total. The summed E-state index contributed by atoms with van der Waals surface area (Å²) in [6.45, 7) is -0.300. The van der Waals surface area contributed by atoms with Crippen LogP contribution in [-0.2, 0) is 0 Å². The van der Waals surface area contributed by atoms with Crippen LogP contribution in [0.25, 0.3) is 0 Å². The van der Waals surface area contributed by atoms with Gasteiger partial charge in [-0.1, -0.05) is 0 Å². The van der Waals surface area contributed by atoms with Crippen LogP contribution in [0.4, 0.5) is 11.4 Å². The number of nitrogens with two attached hydrogens (primary N) is 2. The molecule has 0 saturated heterocycles. The SMILES string of the molecule is Nc1ccc([N+](=O)[O-])cc1C(N)CO. The van der Waals surface area contributed by atoms with Crippen LogP contribution in [0, 0.1) is 10.1 Å². The minimum Gasteiger partial charge on any atom is -0.398 e. The van der Waals surface area contributed by atoms with Crippen molar-refractivity contribution in [3.05, 3.63) is 33.9 Å². The fourth-order valence-corrected chi connectivity index (χ4v) is 1.10. The van der Waals surface area contributed by atoms with Gasteiger partial charge in [0.1, 0.15) is 0 Å². The van der Waals surface area contributed by atoms with E-state index >= 15 is 0 Å². The Bertz CT molecular complexity index is 354. The molecular formula is C8H11N3O3. The van der Waals surface area contributed by atoms with E-state index in [4.69, 9.17) is 16.6 Å². The average molecular weight is 197 g/mol. The number of nitro groups is 1. The van der Waals surface area contributed by atoms with Gasteiger partial charge in [-0.25, -0.2) is 0 Å². The smallest absolute Gasteiger partial charge is 0.269 e. The maximum atomic E-state index is 10.4. The largest absolute Gasteiger partial charge is 0.398 e. The molecule has 1 rings (SSSR count). The van der Waals surface area contributed by atoms with Gasteiger partial charge in [-0.15, -0.1) is 0 Å². The Balaban J connectivity index is 3.14. The summed E-state index contributed by atoms with van der Waals surface area (Å²) in [4.78, 5) is 9.90. The molecule has 0 aliphatic rings. The fourth-order valence-electron chi connectivity index (χ4n) is 1.10. The lowest BCUT2D eigenvalue weighted by Crippen LogP contribution is -2.16. The van der Waals surface area contributed by atoms with Crippen molar-refractivity contribution in [3.8, 4) is 0 Å². The molecule has 0 radical (unpaired) electrons. The van der Waals surface area contributed by atoms with E-state index < -0.39 is 11.0 Å². The molecular weight excluding hydrogens is 186 g/mol. The number of nitrogen functional groups attached to an aromatic ring is 1. The second-order valence-electron chi connectivity index (χ2n) is 2.86. The number of hydrogen-bond donors (Lipinski definition) is 3.